The molecule has 1 aromatic rings. The molecule has 0 aromatic heterocycles. The molecule has 0 amide bonds. The first-order chi connectivity index (χ1) is 7.04. The van der Waals surface area contributed by atoms with Gasteiger partial charge in [-0.2, -0.15) is 0 Å². The molecule has 4 nitrogen and oxygen atoms in total. The molecule has 0 radical (unpaired) electrons. The number of halogens is 1. The van der Waals surface area contributed by atoms with Crippen molar-refractivity contribution in [2.24, 2.45) is 0 Å². The van der Waals surface area contributed by atoms with Gasteiger partial charge in [-0.1, -0.05) is 11.6 Å². The van der Waals surface area contributed by atoms with Crippen LogP contribution in [0.2, 0.25) is 5.02 Å². The minimum absolute atomic E-state index is 0.169. The molecule has 15 heavy (non-hydrogen) atoms. The molecule has 0 unspecified atom stereocenters. The van der Waals surface area contributed by atoms with Crippen LogP contribution in [0.3, 0.4) is 0 Å². The van der Waals surface area contributed by atoms with Crippen molar-refractivity contribution in [3.63, 3.8) is 0 Å². The van der Waals surface area contributed by atoms with Crippen molar-refractivity contribution in [1.29, 1.82) is 0 Å². The summed E-state index contributed by atoms with van der Waals surface area (Å²) >= 11 is 5.71. The van der Waals surface area contributed by atoms with Gasteiger partial charge in [0.25, 0.3) is 0 Å². The summed E-state index contributed by atoms with van der Waals surface area (Å²) in [5.41, 5.74) is 0. The second kappa shape index (κ2) is 4.79. The third-order valence-corrected chi connectivity index (χ3v) is 1.85. The molecule has 80 valence electrons. The maximum atomic E-state index is 11.0. The Balaban J connectivity index is 2.94. The van der Waals surface area contributed by atoms with Gasteiger partial charge in [0.15, 0.2) is 11.5 Å². The number of carbonyl (C=O) groups is 2. The third-order valence-electron chi connectivity index (χ3n) is 1.62. The number of esters is 1. The fourth-order valence-corrected chi connectivity index (χ4v) is 1.06. The highest BCUT2D eigenvalue weighted by Gasteiger charge is 2.13. The van der Waals surface area contributed by atoms with Gasteiger partial charge in [-0.3, -0.25) is 4.79 Å². The SMILES string of the molecule is COc1cc(Cl)ccc1OC(=O)C(C)=O. The van der Waals surface area contributed by atoms with Crippen LogP contribution in [0.15, 0.2) is 18.2 Å². The summed E-state index contributed by atoms with van der Waals surface area (Å²) < 4.78 is 9.71. The number of ether oxygens (including phenoxy) is 2. The largest absolute Gasteiger partial charge is 0.493 e. The molecule has 0 aliphatic carbocycles. The number of Topliss-reactive ketones (excluding diaryl/α,β-unsaturated/α-hetero) is 1. The normalized spacial score (nSPS) is 9.53. The molecule has 0 saturated heterocycles. The van der Waals surface area contributed by atoms with Gasteiger partial charge in [-0.25, -0.2) is 4.79 Å². The van der Waals surface area contributed by atoms with Crippen molar-refractivity contribution < 1.29 is 19.1 Å². The number of carbonyl (C=O) groups excluding carboxylic acids is 2. The van der Waals surface area contributed by atoms with Crippen molar-refractivity contribution >= 4 is 23.4 Å². The van der Waals surface area contributed by atoms with E-state index in [0.717, 1.165) is 6.92 Å². The number of ketones is 1. The predicted octanol–water partition coefficient (Wildman–Crippen LogP) is 1.84. The van der Waals surface area contributed by atoms with Gasteiger partial charge in [-0.05, 0) is 12.1 Å². The summed E-state index contributed by atoms with van der Waals surface area (Å²) in [5.74, 6) is -1.14. The van der Waals surface area contributed by atoms with Crippen LogP contribution < -0.4 is 9.47 Å². The second-order valence-corrected chi connectivity index (χ2v) is 3.18. The second-order valence-electron chi connectivity index (χ2n) is 2.74. The molecule has 5 heteroatoms. The van der Waals surface area contributed by atoms with Crippen LogP contribution >= 0.6 is 11.6 Å². The van der Waals surface area contributed by atoms with Crippen LogP contribution in [0.5, 0.6) is 11.5 Å². The molecular formula is C10H9ClO4. The van der Waals surface area contributed by atoms with Gasteiger partial charge < -0.3 is 9.47 Å². The van der Waals surface area contributed by atoms with E-state index in [-0.39, 0.29) is 5.75 Å². The Morgan fingerprint density at radius 1 is 1.27 bits per heavy atom. The molecular weight excluding hydrogens is 220 g/mol. The Hall–Kier alpha value is -1.55. The molecule has 1 aromatic carbocycles. The van der Waals surface area contributed by atoms with E-state index >= 15 is 0 Å². The molecule has 0 atom stereocenters. The first-order valence-corrected chi connectivity index (χ1v) is 4.48. The number of methoxy groups -OCH3 is 1. The van der Waals surface area contributed by atoms with Crippen molar-refractivity contribution in [1.82, 2.24) is 0 Å². The minimum atomic E-state index is -0.935. The van der Waals surface area contributed by atoms with Crippen LogP contribution in [0.1, 0.15) is 6.92 Å². The van der Waals surface area contributed by atoms with E-state index in [9.17, 15) is 9.59 Å². The Morgan fingerprint density at radius 2 is 1.93 bits per heavy atom. The van der Waals surface area contributed by atoms with E-state index in [0.29, 0.717) is 10.8 Å². The van der Waals surface area contributed by atoms with E-state index in [1.165, 1.54) is 25.3 Å². The zero-order valence-corrected chi connectivity index (χ0v) is 9.00. The zero-order valence-electron chi connectivity index (χ0n) is 8.24. The van der Waals surface area contributed by atoms with Crippen molar-refractivity contribution in [3.8, 4) is 11.5 Å². The molecule has 0 spiro atoms. The highest BCUT2D eigenvalue weighted by molar-refractivity contribution is 6.33. The first kappa shape index (κ1) is 11.5. The quantitative estimate of drug-likeness (QED) is 0.450. The van der Waals surface area contributed by atoms with Crippen LogP contribution in [0.4, 0.5) is 0 Å². The van der Waals surface area contributed by atoms with Gasteiger partial charge in [-0.15, -0.1) is 0 Å². The van der Waals surface area contributed by atoms with Gasteiger partial charge in [0, 0.05) is 18.0 Å². The average molecular weight is 229 g/mol. The van der Waals surface area contributed by atoms with E-state index in [2.05, 4.69) is 0 Å². The standard InChI is InChI=1S/C10H9ClO4/c1-6(12)10(13)15-8-4-3-7(11)5-9(8)14-2/h3-5H,1-2H3. The predicted molar refractivity (Wildman–Crippen MR) is 54.3 cm³/mol. The average Bonchev–Trinajstić information content (AvgIpc) is 2.20. The van der Waals surface area contributed by atoms with Crippen LogP contribution in [-0.2, 0) is 9.59 Å². The number of hydrogen-bond donors (Lipinski definition) is 0. The summed E-state index contributed by atoms with van der Waals surface area (Å²) in [7, 11) is 1.41. The van der Waals surface area contributed by atoms with E-state index in [1.807, 2.05) is 0 Å². The summed E-state index contributed by atoms with van der Waals surface area (Å²) in [6.07, 6.45) is 0. The Kier molecular flexibility index (Phi) is 3.68. The molecule has 0 N–H and O–H groups in total. The molecule has 0 aliphatic heterocycles. The highest BCUT2D eigenvalue weighted by atomic mass is 35.5. The topological polar surface area (TPSA) is 52.6 Å². The lowest BCUT2D eigenvalue weighted by molar-refractivity contribution is -0.146. The lowest BCUT2D eigenvalue weighted by Crippen LogP contribution is -2.17. The zero-order chi connectivity index (χ0) is 11.4. The number of benzene rings is 1. The molecule has 0 saturated carbocycles. The van der Waals surface area contributed by atoms with Crippen LogP contribution in [0.25, 0.3) is 0 Å². The van der Waals surface area contributed by atoms with Crippen molar-refractivity contribution in [2.75, 3.05) is 7.11 Å². The Bertz CT molecular complexity index is 400. The maximum absolute atomic E-state index is 11.0. The molecule has 0 aliphatic rings. The summed E-state index contributed by atoms with van der Waals surface area (Å²) in [6.45, 7) is 1.13. The lowest BCUT2D eigenvalue weighted by atomic mass is 10.3. The van der Waals surface area contributed by atoms with Crippen LogP contribution in [-0.4, -0.2) is 18.9 Å². The summed E-state index contributed by atoms with van der Waals surface area (Å²) in [6, 6.07) is 4.49. The Labute approximate surface area is 91.7 Å². The fourth-order valence-electron chi connectivity index (χ4n) is 0.897. The highest BCUT2D eigenvalue weighted by Crippen LogP contribution is 2.29. The monoisotopic (exact) mass is 228 g/mol. The molecule has 0 heterocycles. The van der Waals surface area contributed by atoms with Gasteiger partial charge in [0.05, 0.1) is 7.11 Å². The Morgan fingerprint density at radius 3 is 2.47 bits per heavy atom. The number of hydrogen-bond acceptors (Lipinski definition) is 4. The first-order valence-electron chi connectivity index (χ1n) is 4.11. The maximum Gasteiger partial charge on any atom is 0.379 e. The fraction of sp³-hybridized carbons (Fsp3) is 0.200. The third kappa shape index (κ3) is 2.95. The summed E-state index contributed by atoms with van der Waals surface area (Å²) in [4.78, 5) is 21.7. The summed E-state index contributed by atoms with van der Waals surface area (Å²) in [5, 5.41) is 0.453. The van der Waals surface area contributed by atoms with Gasteiger partial charge >= 0.3 is 5.97 Å². The lowest BCUT2D eigenvalue weighted by Gasteiger charge is -2.07. The smallest absolute Gasteiger partial charge is 0.379 e. The minimum Gasteiger partial charge on any atom is -0.493 e. The van der Waals surface area contributed by atoms with Crippen molar-refractivity contribution in [3.05, 3.63) is 23.2 Å². The van der Waals surface area contributed by atoms with Crippen molar-refractivity contribution in [2.45, 2.75) is 6.92 Å². The van der Waals surface area contributed by atoms with Crippen LogP contribution in [0, 0.1) is 0 Å². The number of rotatable bonds is 3. The molecule has 0 bridgehead atoms. The van der Waals surface area contributed by atoms with E-state index in [4.69, 9.17) is 21.1 Å². The van der Waals surface area contributed by atoms with Gasteiger partial charge in [0.2, 0.25) is 5.78 Å². The molecule has 1 rings (SSSR count). The van der Waals surface area contributed by atoms with E-state index < -0.39 is 11.8 Å². The molecule has 0 fully saturated rings. The van der Waals surface area contributed by atoms with Gasteiger partial charge in [0.1, 0.15) is 0 Å². The van der Waals surface area contributed by atoms with E-state index in [1.54, 1.807) is 0 Å².